The Balaban J connectivity index is 2.32. The van der Waals surface area contributed by atoms with Crippen LogP contribution in [0.3, 0.4) is 0 Å². The van der Waals surface area contributed by atoms with Crippen LogP contribution in [0.1, 0.15) is 4.88 Å². The van der Waals surface area contributed by atoms with Crippen molar-refractivity contribution in [3.8, 4) is 5.75 Å². The summed E-state index contributed by atoms with van der Waals surface area (Å²) < 4.78 is 10.1. The molecular formula is C10H11NO3S. The molecule has 0 saturated heterocycles. The molecule has 0 saturated carbocycles. The highest BCUT2D eigenvalue weighted by atomic mass is 32.1. The second-order valence-electron chi connectivity index (χ2n) is 3.04. The largest absolute Gasteiger partial charge is 0.487 e. The molecule has 1 aliphatic rings. The first-order valence-corrected chi connectivity index (χ1v) is 5.29. The summed E-state index contributed by atoms with van der Waals surface area (Å²) in [4.78, 5) is 12.2. The van der Waals surface area contributed by atoms with Crippen LogP contribution < -0.4 is 10.1 Å². The molecule has 0 radical (unpaired) electrons. The lowest BCUT2D eigenvalue weighted by Crippen LogP contribution is -2.14. The minimum atomic E-state index is -0.333. The van der Waals surface area contributed by atoms with Gasteiger partial charge in [-0.15, -0.1) is 11.3 Å². The molecule has 0 bridgehead atoms. The van der Waals surface area contributed by atoms with Gasteiger partial charge in [-0.3, -0.25) is 0 Å². The summed E-state index contributed by atoms with van der Waals surface area (Å²) in [7, 11) is 3.22. The number of hydrogen-bond acceptors (Lipinski definition) is 5. The van der Waals surface area contributed by atoms with Crippen molar-refractivity contribution in [2.75, 3.05) is 26.1 Å². The van der Waals surface area contributed by atoms with Crippen LogP contribution in [-0.2, 0) is 9.53 Å². The molecular weight excluding hydrogens is 214 g/mol. The smallest absolute Gasteiger partial charge is 0.337 e. The lowest BCUT2D eigenvalue weighted by atomic mass is 10.2. The fraction of sp³-hybridized carbons (Fsp3) is 0.300. The number of hydrogen-bond donors (Lipinski definition) is 1. The van der Waals surface area contributed by atoms with Gasteiger partial charge < -0.3 is 14.8 Å². The number of rotatable bonds is 2. The monoisotopic (exact) mass is 225 g/mol. The molecule has 1 aromatic rings. The first-order valence-electron chi connectivity index (χ1n) is 4.48. The molecule has 2 heterocycles. The van der Waals surface area contributed by atoms with Crippen LogP contribution in [-0.4, -0.2) is 26.7 Å². The summed E-state index contributed by atoms with van der Waals surface area (Å²) >= 11 is 1.55. The summed E-state index contributed by atoms with van der Waals surface area (Å²) in [6.07, 6.45) is 1.82. The van der Waals surface area contributed by atoms with Crippen molar-refractivity contribution in [1.82, 2.24) is 0 Å². The summed E-state index contributed by atoms with van der Waals surface area (Å²) in [5, 5.41) is 4.05. The molecule has 0 aromatic carbocycles. The Bertz CT molecular complexity index is 422. The van der Waals surface area contributed by atoms with Crippen molar-refractivity contribution in [1.29, 1.82) is 0 Å². The number of ether oxygens (including phenoxy) is 2. The molecule has 0 amide bonds. The predicted octanol–water partition coefficient (Wildman–Crippen LogP) is 1.74. The topological polar surface area (TPSA) is 47.6 Å². The Labute approximate surface area is 91.5 Å². The third kappa shape index (κ3) is 1.83. The Morgan fingerprint density at radius 3 is 3.13 bits per heavy atom. The van der Waals surface area contributed by atoms with Gasteiger partial charge in [0.2, 0.25) is 0 Å². The van der Waals surface area contributed by atoms with E-state index >= 15 is 0 Å². The van der Waals surface area contributed by atoms with Gasteiger partial charge >= 0.3 is 5.97 Å². The van der Waals surface area contributed by atoms with E-state index < -0.39 is 0 Å². The van der Waals surface area contributed by atoms with Crippen LogP contribution in [0.5, 0.6) is 5.75 Å². The molecule has 1 N–H and O–H groups in total. The maximum Gasteiger partial charge on any atom is 0.337 e. The van der Waals surface area contributed by atoms with Crippen molar-refractivity contribution in [2.24, 2.45) is 0 Å². The maximum absolute atomic E-state index is 11.3. The summed E-state index contributed by atoms with van der Waals surface area (Å²) in [5.74, 6) is 0.483. The molecule has 0 atom stereocenters. The quantitative estimate of drug-likeness (QED) is 0.779. The zero-order valence-electron chi connectivity index (χ0n) is 8.49. The number of methoxy groups -OCH3 is 1. The first-order chi connectivity index (χ1) is 7.24. The molecule has 0 spiro atoms. The Morgan fingerprint density at radius 1 is 1.67 bits per heavy atom. The van der Waals surface area contributed by atoms with E-state index in [4.69, 9.17) is 4.74 Å². The number of carbonyl (C=O) groups excluding carboxylic acids is 1. The third-order valence-corrected chi connectivity index (χ3v) is 3.19. The van der Waals surface area contributed by atoms with Crippen LogP contribution in [0, 0.1) is 0 Å². The van der Waals surface area contributed by atoms with E-state index in [1.165, 1.54) is 7.11 Å². The van der Waals surface area contributed by atoms with Crippen LogP contribution in [0.25, 0.3) is 6.08 Å². The number of carbonyl (C=O) groups is 1. The van der Waals surface area contributed by atoms with Gasteiger partial charge in [0.1, 0.15) is 12.4 Å². The van der Waals surface area contributed by atoms with Crippen molar-refractivity contribution in [3.05, 3.63) is 16.5 Å². The normalized spacial score (nSPS) is 13.6. The standard InChI is InChI=1S/C10H11NO3S/c1-11-9-4-7-8(15-9)3-6(5-14-7)10(12)13-2/h3-4,11H,5H2,1-2H3. The van der Waals surface area contributed by atoms with E-state index in [1.54, 1.807) is 11.3 Å². The van der Waals surface area contributed by atoms with Gasteiger partial charge in [0.15, 0.2) is 0 Å². The molecule has 0 aliphatic carbocycles. The van der Waals surface area contributed by atoms with E-state index in [1.807, 2.05) is 19.2 Å². The fourth-order valence-corrected chi connectivity index (χ4v) is 2.25. The van der Waals surface area contributed by atoms with Gasteiger partial charge in [-0.05, 0) is 6.08 Å². The second kappa shape index (κ2) is 3.94. The minimum absolute atomic E-state index is 0.277. The van der Waals surface area contributed by atoms with Gasteiger partial charge in [0, 0.05) is 13.1 Å². The predicted molar refractivity (Wildman–Crippen MR) is 59.4 cm³/mol. The van der Waals surface area contributed by atoms with E-state index in [9.17, 15) is 4.79 Å². The van der Waals surface area contributed by atoms with Crippen molar-refractivity contribution in [2.45, 2.75) is 0 Å². The average molecular weight is 225 g/mol. The molecule has 0 unspecified atom stereocenters. The molecule has 80 valence electrons. The first kappa shape index (κ1) is 10.0. The van der Waals surface area contributed by atoms with Crippen molar-refractivity contribution in [3.63, 3.8) is 0 Å². The number of fused-ring (bicyclic) bond motifs is 1. The Hall–Kier alpha value is -1.49. The summed E-state index contributed by atoms with van der Waals surface area (Å²) in [5.41, 5.74) is 0.550. The number of thiophene rings is 1. The third-order valence-electron chi connectivity index (χ3n) is 2.11. The van der Waals surface area contributed by atoms with E-state index in [0.717, 1.165) is 15.6 Å². The zero-order chi connectivity index (χ0) is 10.8. The highest BCUT2D eigenvalue weighted by Gasteiger charge is 2.19. The number of anilines is 1. The number of nitrogens with one attached hydrogen (secondary N) is 1. The average Bonchev–Trinajstić information content (AvgIpc) is 2.69. The summed E-state index contributed by atoms with van der Waals surface area (Å²) in [6, 6.07) is 1.92. The van der Waals surface area contributed by atoms with Crippen LogP contribution in [0.4, 0.5) is 5.00 Å². The molecule has 2 rings (SSSR count). The van der Waals surface area contributed by atoms with E-state index in [2.05, 4.69) is 10.1 Å². The van der Waals surface area contributed by atoms with Crippen molar-refractivity contribution < 1.29 is 14.3 Å². The van der Waals surface area contributed by atoms with Crippen molar-refractivity contribution >= 4 is 28.4 Å². The molecule has 4 nitrogen and oxygen atoms in total. The molecule has 1 aromatic heterocycles. The van der Waals surface area contributed by atoms with Gasteiger partial charge in [-0.2, -0.15) is 0 Å². The SMILES string of the molecule is CNc1cc2c(s1)C=C(C(=O)OC)CO2. The molecule has 0 fully saturated rings. The van der Waals surface area contributed by atoms with E-state index in [-0.39, 0.29) is 12.6 Å². The van der Waals surface area contributed by atoms with Crippen LogP contribution in [0.15, 0.2) is 11.6 Å². The fourth-order valence-electron chi connectivity index (χ4n) is 1.33. The highest BCUT2D eigenvalue weighted by molar-refractivity contribution is 7.17. The molecule has 1 aliphatic heterocycles. The highest BCUT2D eigenvalue weighted by Crippen LogP contribution is 2.37. The van der Waals surface area contributed by atoms with Gasteiger partial charge in [0.05, 0.1) is 22.6 Å². The Kier molecular flexibility index (Phi) is 2.64. The lowest BCUT2D eigenvalue weighted by Gasteiger charge is -2.12. The minimum Gasteiger partial charge on any atom is -0.487 e. The number of esters is 1. The van der Waals surface area contributed by atoms with Crippen LogP contribution in [0.2, 0.25) is 0 Å². The Morgan fingerprint density at radius 2 is 2.47 bits per heavy atom. The maximum atomic E-state index is 11.3. The summed E-state index contributed by atoms with van der Waals surface area (Å²) in [6.45, 7) is 0.277. The zero-order valence-corrected chi connectivity index (χ0v) is 9.31. The molecule has 15 heavy (non-hydrogen) atoms. The molecule has 5 heteroatoms. The second-order valence-corrected chi connectivity index (χ2v) is 4.12. The van der Waals surface area contributed by atoms with E-state index in [0.29, 0.717) is 5.57 Å². The van der Waals surface area contributed by atoms with Crippen LogP contribution >= 0.6 is 11.3 Å². The van der Waals surface area contributed by atoms with Gasteiger partial charge in [-0.25, -0.2) is 4.79 Å². The van der Waals surface area contributed by atoms with Gasteiger partial charge in [0.25, 0.3) is 0 Å². The van der Waals surface area contributed by atoms with Gasteiger partial charge in [-0.1, -0.05) is 0 Å². The lowest BCUT2D eigenvalue weighted by molar-refractivity contribution is -0.136.